The first-order valence-corrected chi connectivity index (χ1v) is 8.49. The van der Waals surface area contributed by atoms with E-state index < -0.39 is 0 Å². The molecule has 0 amide bonds. The lowest BCUT2D eigenvalue weighted by molar-refractivity contribution is 0.0472. The Balaban J connectivity index is 2.10. The summed E-state index contributed by atoms with van der Waals surface area (Å²) in [7, 11) is 1.98. The van der Waals surface area contributed by atoms with Crippen LogP contribution in [0.2, 0.25) is 0 Å². The molecule has 0 unspecified atom stereocenters. The third-order valence-corrected chi connectivity index (χ3v) is 4.10. The summed E-state index contributed by atoms with van der Waals surface area (Å²) in [5.41, 5.74) is 5.55. The Morgan fingerprint density at radius 1 is 1.12 bits per heavy atom. The van der Waals surface area contributed by atoms with Gasteiger partial charge >= 0.3 is 5.97 Å². The highest BCUT2D eigenvalue weighted by Gasteiger charge is 2.12. The fourth-order valence-corrected chi connectivity index (χ4v) is 2.43. The predicted octanol–water partition coefficient (Wildman–Crippen LogP) is 4.58. The van der Waals surface area contributed by atoms with Crippen molar-refractivity contribution in [3.63, 3.8) is 0 Å². The molecule has 25 heavy (non-hydrogen) atoms. The van der Waals surface area contributed by atoms with Gasteiger partial charge in [0.15, 0.2) is 0 Å². The number of aryl methyl sites for hydroxylation is 3. The molecule has 0 atom stereocenters. The van der Waals surface area contributed by atoms with Crippen LogP contribution in [-0.4, -0.2) is 30.8 Å². The molecule has 0 fully saturated rings. The number of nitrogens with zero attached hydrogens (tertiary/aromatic N) is 2. The van der Waals surface area contributed by atoms with Crippen molar-refractivity contribution in [3.8, 4) is 0 Å². The molecule has 0 saturated heterocycles. The predicted molar refractivity (Wildman–Crippen MR) is 103 cm³/mol. The molecule has 0 heterocycles. The Kier molecular flexibility index (Phi) is 6.34. The first-order valence-electron chi connectivity index (χ1n) is 8.49. The quantitative estimate of drug-likeness (QED) is 0.440. The van der Waals surface area contributed by atoms with Crippen molar-refractivity contribution in [2.75, 3.05) is 13.6 Å². The van der Waals surface area contributed by atoms with Crippen LogP contribution < -0.4 is 0 Å². The molecule has 0 aliphatic heterocycles. The van der Waals surface area contributed by atoms with E-state index >= 15 is 0 Å². The van der Waals surface area contributed by atoms with Crippen LogP contribution in [0.4, 0.5) is 5.69 Å². The highest BCUT2D eigenvalue weighted by Crippen LogP contribution is 2.25. The molecule has 4 heteroatoms. The number of carbonyl (C=O) groups is 1. The molecule has 0 N–H and O–H groups in total. The van der Waals surface area contributed by atoms with Gasteiger partial charge in [0, 0.05) is 13.6 Å². The fraction of sp³-hybridized carbons (Fsp3) is 0.333. The largest absolute Gasteiger partial charge is 0.457 e. The van der Waals surface area contributed by atoms with Gasteiger partial charge in [-0.05, 0) is 56.5 Å². The minimum Gasteiger partial charge on any atom is -0.457 e. The molecule has 0 saturated carbocycles. The number of rotatable bonds is 6. The Morgan fingerprint density at radius 3 is 2.28 bits per heavy atom. The van der Waals surface area contributed by atoms with Gasteiger partial charge in [-0.1, -0.05) is 29.8 Å². The summed E-state index contributed by atoms with van der Waals surface area (Å²) < 4.78 is 5.43. The van der Waals surface area contributed by atoms with E-state index in [0.717, 1.165) is 28.9 Å². The minimum atomic E-state index is -0.312. The summed E-state index contributed by atoms with van der Waals surface area (Å²) in [4.78, 5) is 18.9. The standard InChI is InChI=1S/C21H26N2O2/c1-6-23(5)14-22-20-16(3)11-19(12-17(20)4)21(24)25-13-18-9-7-15(2)8-10-18/h7-12,14H,6,13H2,1-5H3/b22-14+. The number of esters is 1. The van der Waals surface area contributed by atoms with Crippen LogP contribution in [0, 0.1) is 20.8 Å². The third-order valence-electron chi connectivity index (χ3n) is 4.10. The zero-order chi connectivity index (χ0) is 18.4. The normalized spacial score (nSPS) is 10.9. The first-order chi connectivity index (χ1) is 11.9. The number of benzene rings is 2. The Bertz CT molecular complexity index is 741. The van der Waals surface area contributed by atoms with Crippen molar-refractivity contribution >= 4 is 18.0 Å². The van der Waals surface area contributed by atoms with E-state index in [1.54, 1.807) is 0 Å². The minimum absolute atomic E-state index is 0.276. The van der Waals surface area contributed by atoms with Crippen LogP contribution >= 0.6 is 0 Å². The van der Waals surface area contributed by atoms with Gasteiger partial charge in [-0.3, -0.25) is 0 Å². The molecule has 2 rings (SSSR count). The molecular formula is C21H26N2O2. The summed E-state index contributed by atoms with van der Waals surface area (Å²) in [5, 5.41) is 0. The molecule has 0 bridgehead atoms. The van der Waals surface area contributed by atoms with E-state index in [4.69, 9.17) is 4.74 Å². The smallest absolute Gasteiger partial charge is 0.338 e. The van der Waals surface area contributed by atoms with Crippen molar-refractivity contribution in [3.05, 3.63) is 64.2 Å². The molecule has 0 aliphatic carbocycles. The van der Waals surface area contributed by atoms with Gasteiger partial charge in [-0.25, -0.2) is 9.79 Å². The molecule has 132 valence electrons. The van der Waals surface area contributed by atoms with Crippen LogP contribution in [-0.2, 0) is 11.3 Å². The van der Waals surface area contributed by atoms with Gasteiger partial charge in [0.25, 0.3) is 0 Å². The lowest BCUT2D eigenvalue weighted by Gasteiger charge is -2.12. The van der Waals surface area contributed by atoms with Crippen LogP contribution in [0.3, 0.4) is 0 Å². The summed E-state index contributed by atoms with van der Waals surface area (Å²) in [6.07, 6.45) is 1.81. The van der Waals surface area contributed by atoms with Crippen molar-refractivity contribution in [1.29, 1.82) is 0 Å². The highest BCUT2D eigenvalue weighted by atomic mass is 16.5. The van der Waals surface area contributed by atoms with E-state index in [-0.39, 0.29) is 12.6 Å². The molecule has 0 aliphatic rings. The Labute approximate surface area is 150 Å². The van der Waals surface area contributed by atoms with Crippen molar-refractivity contribution in [2.24, 2.45) is 4.99 Å². The molecule has 2 aromatic rings. The number of hydrogen-bond donors (Lipinski definition) is 0. The topological polar surface area (TPSA) is 41.9 Å². The van der Waals surface area contributed by atoms with Gasteiger partial charge < -0.3 is 9.64 Å². The summed E-state index contributed by atoms with van der Waals surface area (Å²) >= 11 is 0. The van der Waals surface area contributed by atoms with Crippen LogP contribution in [0.5, 0.6) is 0 Å². The van der Waals surface area contributed by atoms with E-state index in [2.05, 4.69) is 11.9 Å². The van der Waals surface area contributed by atoms with Crippen LogP contribution in [0.1, 0.15) is 39.5 Å². The summed E-state index contributed by atoms with van der Waals surface area (Å²) in [6.45, 7) is 9.19. The molecule has 0 radical (unpaired) electrons. The zero-order valence-electron chi connectivity index (χ0n) is 15.7. The number of hydrogen-bond acceptors (Lipinski definition) is 3. The molecule has 2 aromatic carbocycles. The average molecular weight is 338 g/mol. The average Bonchev–Trinajstić information content (AvgIpc) is 2.59. The van der Waals surface area contributed by atoms with Gasteiger partial charge in [0.1, 0.15) is 6.61 Å². The van der Waals surface area contributed by atoms with E-state index in [1.165, 1.54) is 5.56 Å². The van der Waals surface area contributed by atoms with Gasteiger partial charge in [-0.15, -0.1) is 0 Å². The van der Waals surface area contributed by atoms with Crippen molar-refractivity contribution in [2.45, 2.75) is 34.3 Å². The lowest BCUT2D eigenvalue weighted by Crippen LogP contribution is -2.14. The molecule has 0 spiro atoms. The van der Waals surface area contributed by atoms with Gasteiger partial charge in [-0.2, -0.15) is 0 Å². The SMILES string of the molecule is CCN(C)/C=N/c1c(C)cc(C(=O)OCc2ccc(C)cc2)cc1C. The second-order valence-corrected chi connectivity index (χ2v) is 6.34. The van der Waals surface area contributed by atoms with Crippen LogP contribution in [0.15, 0.2) is 41.4 Å². The maximum absolute atomic E-state index is 12.3. The highest BCUT2D eigenvalue weighted by molar-refractivity contribution is 5.90. The molecule has 0 aromatic heterocycles. The number of carbonyl (C=O) groups excluding carboxylic acids is 1. The van der Waals surface area contributed by atoms with Gasteiger partial charge in [0.05, 0.1) is 17.6 Å². The molecule has 4 nitrogen and oxygen atoms in total. The Hall–Kier alpha value is -2.62. The first kappa shape index (κ1) is 18.7. The maximum atomic E-state index is 12.3. The zero-order valence-corrected chi connectivity index (χ0v) is 15.7. The summed E-state index contributed by atoms with van der Waals surface area (Å²) in [5.74, 6) is -0.312. The monoisotopic (exact) mass is 338 g/mol. The Morgan fingerprint density at radius 2 is 1.72 bits per heavy atom. The second kappa shape index (κ2) is 8.47. The van der Waals surface area contributed by atoms with Crippen LogP contribution in [0.25, 0.3) is 0 Å². The molecular weight excluding hydrogens is 312 g/mol. The van der Waals surface area contributed by atoms with E-state index in [9.17, 15) is 4.79 Å². The fourth-order valence-electron chi connectivity index (χ4n) is 2.43. The lowest BCUT2D eigenvalue weighted by atomic mass is 10.0. The number of aliphatic imine (C=N–C) groups is 1. The van der Waals surface area contributed by atoms with Crippen molar-refractivity contribution < 1.29 is 9.53 Å². The third kappa shape index (κ3) is 5.18. The summed E-state index contributed by atoms with van der Waals surface area (Å²) in [6, 6.07) is 11.6. The second-order valence-electron chi connectivity index (χ2n) is 6.34. The number of ether oxygens (including phenoxy) is 1. The van der Waals surface area contributed by atoms with E-state index in [0.29, 0.717) is 5.56 Å². The van der Waals surface area contributed by atoms with E-state index in [1.807, 2.05) is 75.5 Å². The maximum Gasteiger partial charge on any atom is 0.338 e. The van der Waals surface area contributed by atoms with Gasteiger partial charge in [0.2, 0.25) is 0 Å². The van der Waals surface area contributed by atoms with Crippen molar-refractivity contribution in [1.82, 2.24) is 4.90 Å².